The molecule has 1 fully saturated rings. The van der Waals surface area contributed by atoms with E-state index in [9.17, 15) is 17.6 Å². The first-order valence-corrected chi connectivity index (χ1v) is 13.0. The van der Waals surface area contributed by atoms with Gasteiger partial charge in [0.1, 0.15) is 11.6 Å². The highest BCUT2D eigenvalue weighted by atomic mass is 32.2. The first-order valence-electron chi connectivity index (χ1n) is 11.2. The second kappa shape index (κ2) is 8.72. The van der Waals surface area contributed by atoms with E-state index in [-0.39, 0.29) is 35.7 Å². The van der Waals surface area contributed by atoms with Gasteiger partial charge >= 0.3 is 0 Å². The molecule has 1 amide bonds. The van der Waals surface area contributed by atoms with Crippen molar-refractivity contribution in [1.82, 2.24) is 14.8 Å². The van der Waals surface area contributed by atoms with Crippen molar-refractivity contribution in [1.29, 1.82) is 0 Å². The number of benzene rings is 2. The number of anilines is 1. The van der Waals surface area contributed by atoms with Crippen LogP contribution in [0.3, 0.4) is 0 Å². The molecule has 9 heteroatoms. The van der Waals surface area contributed by atoms with Crippen LogP contribution >= 0.6 is 0 Å². The number of sulfone groups is 1. The average Bonchev–Trinajstić information content (AvgIpc) is 3.47. The van der Waals surface area contributed by atoms with Gasteiger partial charge in [0.05, 0.1) is 23.2 Å². The van der Waals surface area contributed by atoms with Crippen LogP contribution in [0.15, 0.2) is 54.6 Å². The number of fused-ring (bicyclic) bond motifs is 1. The number of amides is 1. The van der Waals surface area contributed by atoms with Crippen LogP contribution < -0.4 is 5.32 Å². The van der Waals surface area contributed by atoms with Gasteiger partial charge in [-0.2, -0.15) is 5.10 Å². The Morgan fingerprint density at radius 2 is 1.97 bits per heavy atom. The predicted octanol–water partition coefficient (Wildman–Crippen LogP) is 4.41. The predicted molar refractivity (Wildman–Crippen MR) is 130 cm³/mol. The smallest absolute Gasteiger partial charge is 0.225 e. The third kappa shape index (κ3) is 4.48. The summed E-state index contributed by atoms with van der Waals surface area (Å²) in [6.45, 7) is 1.82. The molecule has 2 aromatic heterocycles. The maximum atomic E-state index is 13.5. The van der Waals surface area contributed by atoms with Gasteiger partial charge in [-0.1, -0.05) is 18.2 Å². The number of carbonyl (C=O) groups is 1. The fraction of sp³-hybridized carbons (Fsp3) is 0.280. The number of aromatic nitrogens is 3. The van der Waals surface area contributed by atoms with E-state index in [0.717, 1.165) is 33.4 Å². The molecule has 3 heterocycles. The van der Waals surface area contributed by atoms with Crippen LogP contribution in [-0.4, -0.2) is 40.6 Å². The second-order valence-electron chi connectivity index (χ2n) is 8.75. The number of aromatic amines is 1. The molecule has 176 valence electrons. The first kappa shape index (κ1) is 22.3. The van der Waals surface area contributed by atoms with E-state index in [2.05, 4.69) is 15.4 Å². The van der Waals surface area contributed by atoms with Crippen molar-refractivity contribution < 1.29 is 17.6 Å². The molecule has 2 N–H and O–H groups in total. The molecule has 1 saturated heterocycles. The summed E-state index contributed by atoms with van der Waals surface area (Å²) in [5.74, 6) is 0.201. The van der Waals surface area contributed by atoms with Crippen LogP contribution in [-0.2, 0) is 21.1 Å². The molecule has 0 radical (unpaired) electrons. The van der Waals surface area contributed by atoms with Crippen molar-refractivity contribution in [3.63, 3.8) is 0 Å². The second-order valence-corrected chi connectivity index (χ2v) is 11.0. The molecular formula is C25H25FN4O3S. The number of H-pyrrole nitrogens is 1. The van der Waals surface area contributed by atoms with Gasteiger partial charge in [0.15, 0.2) is 9.84 Å². The molecule has 4 aromatic rings. The fourth-order valence-corrected chi connectivity index (χ4v) is 6.32. The Bertz CT molecular complexity index is 1470. The molecule has 34 heavy (non-hydrogen) atoms. The topological polar surface area (TPSA) is 96.9 Å². The number of aryl methyl sites for hydroxylation is 2. The highest BCUT2D eigenvalue weighted by Crippen LogP contribution is 2.32. The van der Waals surface area contributed by atoms with Crippen molar-refractivity contribution in [3.05, 3.63) is 71.7 Å². The molecule has 0 aliphatic carbocycles. The summed E-state index contributed by atoms with van der Waals surface area (Å²) in [6.07, 6.45) is 1.19. The van der Waals surface area contributed by atoms with Gasteiger partial charge in [-0.15, -0.1) is 0 Å². The monoisotopic (exact) mass is 480 g/mol. The van der Waals surface area contributed by atoms with Crippen LogP contribution in [0.2, 0.25) is 0 Å². The molecule has 1 unspecified atom stereocenters. The Morgan fingerprint density at radius 1 is 1.21 bits per heavy atom. The van der Waals surface area contributed by atoms with Crippen LogP contribution in [0.5, 0.6) is 0 Å². The largest absolute Gasteiger partial charge is 0.354 e. The van der Waals surface area contributed by atoms with E-state index in [1.807, 2.05) is 31.2 Å². The maximum Gasteiger partial charge on any atom is 0.225 e. The fourth-order valence-electron chi connectivity index (χ4n) is 4.62. The number of nitrogens with zero attached hydrogens (tertiary/aromatic N) is 2. The zero-order valence-corrected chi connectivity index (χ0v) is 19.5. The van der Waals surface area contributed by atoms with Gasteiger partial charge in [-0.3, -0.25) is 4.79 Å². The first-order chi connectivity index (χ1) is 16.3. The summed E-state index contributed by atoms with van der Waals surface area (Å²) >= 11 is 0. The Hall–Kier alpha value is -3.46. The van der Waals surface area contributed by atoms with E-state index < -0.39 is 9.84 Å². The van der Waals surface area contributed by atoms with E-state index in [1.54, 1.807) is 22.9 Å². The third-order valence-corrected chi connectivity index (χ3v) is 7.98. The van der Waals surface area contributed by atoms with Crippen molar-refractivity contribution in [2.45, 2.75) is 32.2 Å². The molecule has 0 spiro atoms. The Balaban J connectivity index is 1.36. The highest BCUT2D eigenvalue weighted by Gasteiger charge is 2.31. The van der Waals surface area contributed by atoms with Crippen molar-refractivity contribution >= 4 is 32.5 Å². The molecule has 0 bridgehead atoms. The summed E-state index contributed by atoms with van der Waals surface area (Å²) in [5, 5.41) is 8.36. The minimum Gasteiger partial charge on any atom is -0.354 e. The quantitative estimate of drug-likeness (QED) is 0.427. The minimum absolute atomic E-state index is 0.0351. The van der Waals surface area contributed by atoms with Crippen molar-refractivity contribution in [2.24, 2.45) is 0 Å². The number of carbonyl (C=O) groups excluding carboxylic acids is 1. The molecule has 2 aromatic carbocycles. The Morgan fingerprint density at radius 3 is 2.71 bits per heavy atom. The molecule has 0 saturated carbocycles. The van der Waals surface area contributed by atoms with Crippen LogP contribution in [0, 0.1) is 12.7 Å². The van der Waals surface area contributed by atoms with E-state index in [4.69, 9.17) is 0 Å². The summed E-state index contributed by atoms with van der Waals surface area (Å²) in [7, 11) is -3.07. The lowest BCUT2D eigenvalue weighted by Crippen LogP contribution is -2.19. The number of para-hydroxylation sites is 1. The van der Waals surface area contributed by atoms with Gasteiger partial charge in [0.2, 0.25) is 5.91 Å². The van der Waals surface area contributed by atoms with Crippen molar-refractivity contribution in [3.8, 4) is 11.3 Å². The van der Waals surface area contributed by atoms with Crippen LogP contribution in [0.25, 0.3) is 22.2 Å². The van der Waals surface area contributed by atoms with E-state index in [0.29, 0.717) is 18.7 Å². The average molecular weight is 481 g/mol. The molecule has 1 atom stereocenters. The highest BCUT2D eigenvalue weighted by molar-refractivity contribution is 7.91. The number of hydrogen-bond donors (Lipinski definition) is 2. The normalized spacial score (nSPS) is 17.3. The lowest BCUT2D eigenvalue weighted by atomic mass is 10.0. The number of rotatable bonds is 6. The summed E-state index contributed by atoms with van der Waals surface area (Å²) in [4.78, 5) is 16.3. The summed E-state index contributed by atoms with van der Waals surface area (Å²) in [6, 6.07) is 15.6. The molecule has 7 nitrogen and oxygen atoms in total. The van der Waals surface area contributed by atoms with Gasteiger partial charge in [0, 0.05) is 29.1 Å². The van der Waals surface area contributed by atoms with E-state index in [1.165, 1.54) is 12.1 Å². The standard InChI is InChI=1S/C25H25FN4O3S/c1-16-14-23(30(29-16)19-12-13-34(32,33)15-19)28-24(31)11-10-21-20-4-2-3-5-22(20)27-25(21)17-6-8-18(26)9-7-17/h2-9,14,19,27H,10-13,15H2,1H3,(H,28,31). The maximum absolute atomic E-state index is 13.5. The zero-order valence-electron chi connectivity index (χ0n) is 18.7. The Kier molecular flexibility index (Phi) is 5.73. The van der Waals surface area contributed by atoms with Gasteiger partial charge in [-0.05, 0) is 61.2 Å². The van der Waals surface area contributed by atoms with Gasteiger partial charge in [0.25, 0.3) is 0 Å². The summed E-state index contributed by atoms with van der Waals surface area (Å²) < 4.78 is 38.9. The van der Waals surface area contributed by atoms with Gasteiger partial charge < -0.3 is 10.3 Å². The van der Waals surface area contributed by atoms with Crippen LogP contribution in [0.4, 0.5) is 10.2 Å². The third-order valence-electron chi connectivity index (χ3n) is 6.23. The van der Waals surface area contributed by atoms with E-state index >= 15 is 0 Å². The summed E-state index contributed by atoms with van der Waals surface area (Å²) in [5.41, 5.74) is 4.38. The SMILES string of the molecule is Cc1cc(NC(=O)CCc2c(-c3ccc(F)cc3)[nH]c3ccccc23)n(C2CCS(=O)(=O)C2)n1. The molecule has 5 rings (SSSR count). The van der Waals surface area contributed by atoms with Gasteiger partial charge in [-0.25, -0.2) is 17.5 Å². The Labute approximate surface area is 196 Å². The zero-order chi connectivity index (χ0) is 23.9. The molecule has 1 aliphatic heterocycles. The van der Waals surface area contributed by atoms with Crippen LogP contribution in [0.1, 0.15) is 30.1 Å². The molecular weight excluding hydrogens is 455 g/mol. The number of nitrogens with one attached hydrogen (secondary N) is 2. The molecule has 1 aliphatic rings. The van der Waals surface area contributed by atoms with Crippen molar-refractivity contribution in [2.75, 3.05) is 16.8 Å². The number of halogens is 1. The number of hydrogen-bond acceptors (Lipinski definition) is 4. The lowest BCUT2D eigenvalue weighted by molar-refractivity contribution is -0.116. The lowest BCUT2D eigenvalue weighted by Gasteiger charge is -2.14. The minimum atomic E-state index is -3.07.